The molecule has 0 amide bonds. The van der Waals surface area contributed by atoms with Crippen LogP contribution in [0.5, 0.6) is 0 Å². The predicted octanol–water partition coefficient (Wildman–Crippen LogP) is 6.33. The van der Waals surface area contributed by atoms with Crippen LogP contribution in [0.25, 0.3) is 11.1 Å². The van der Waals surface area contributed by atoms with Gasteiger partial charge in [-0.25, -0.2) is 8.42 Å². The quantitative estimate of drug-likeness (QED) is 0.374. The second-order valence-corrected chi connectivity index (χ2v) is 11.4. The molecule has 0 radical (unpaired) electrons. The topological polar surface area (TPSA) is 90.6 Å². The van der Waals surface area contributed by atoms with E-state index in [1.807, 2.05) is 50.2 Å². The summed E-state index contributed by atoms with van der Waals surface area (Å²) in [5.41, 5.74) is 4.41. The van der Waals surface area contributed by atoms with Crippen molar-refractivity contribution in [1.29, 1.82) is 5.41 Å². The lowest BCUT2D eigenvalue weighted by molar-refractivity contribution is 0.151. The van der Waals surface area contributed by atoms with Crippen LogP contribution in [0, 0.1) is 19.3 Å². The summed E-state index contributed by atoms with van der Waals surface area (Å²) >= 11 is 6.46. The van der Waals surface area contributed by atoms with Crippen molar-refractivity contribution in [2.24, 2.45) is 4.99 Å². The fraction of sp³-hybridized carbons (Fsp3) is 0.259. The number of aliphatic imine (C=N–C) groups is 1. The second kappa shape index (κ2) is 9.82. The Bertz CT molecular complexity index is 1360. The maximum atomic E-state index is 12.0. The number of sulfone groups is 1. The Morgan fingerprint density at radius 2 is 1.62 bits per heavy atom. The largest absolute Gasteiger partial charge is 0.385 e. The molecule has 3 aromatic carbocycles. The van der Waals surface area contributed by atoms with Gasteiger partial charge in [-0.2, -0.15) is 0 Å². The van der Waals surface area contributed by atoms with E-state index in [1.54, 1.807) is 38.1 Å². The molecule has 178 valence electrons. The minimum absolute atomic E-state index is 0.135. The van der Waals surface area contributed by atoms with E-state index in [-0.39, 0.29) is 17.0 Å². The van der Waals surface area contributed by atoms with Crippen molar-refractivity contribution in [1.82, 2.24) is 0 Å². The molecule has 0 aliphatic carbocycles. The van der Waals surface area contributed by atoms with Crippen LogP contribution in [-0.2, 0) is 9.84 Å². The minimum Gasteiger partial charge on any atom is -0.385 e. The van der Waals surface area contributed by atoms with Gasteiger partial charge in [0.25, 0.3) is 0 Å². The highest BCUT2D eigenvalue weighted by molar-refractivity contribution is 7.90. The first-order valence-corrected chi connectivity index (χ1v) is 13.1. The van der Waals surface area contributed by atoms with Crippen molar-refractivity contribution in [3.63, 3.8) is 0 Å². The van der Waals surface area contributed by atoms with Crippen LogP contribution in [-0.4, -0.2) is 36.8 Å². The van der Waals surface area contributed by atoms with Gasteiger partial charge >= 0.3 is 0 Å². The molecule has 0 unspecified atom stereocenters. The van der Waals surface area contributed by atoms with Gasteiger partial charge in [0.05, 0.1) is 21.9 Å². The van der Waals surface area contributed by atoms with Crippen molar-refractivity contribution in [2.75, 3.05) is 6.26 Å². The summed E-state index contributed by atoms with van der Waals surface area (Å²) in [7, 11) is -3.31. The van der Waals surface area contributed by atoms with Gasteiger partial charge in [-0.3, -0.25) is 4.99 Å². The lowest BCUT2D eigenvalue weighted by Crippen LogP contribution is -2.32. The molecule has 0 heterocycles. The normalized spacial score (nSPS) is 12.6. The number of aryl methyl sites for hydroxylation is 2. The zero-order valence-electron chi connectivity index (χ0n) is 20.0. The van der Waals surface area contributed by atoms with Gasteiger partial charge in [0.1, 0.15) is 0 Å². The maximum absolute atomic E-state index is 12.0. The molecular formula is C27H29ClN2O3S. The van der Waals surface area contributed by atoms with E-state index < -0.39 is 15.4 Å². The Balaban J connectivity index is 2.12. The molecule has 5 nitrogen and oxygen atoms in total. The minimum atomic E-state index is -3.31. The molecular weight excluding hydrogens is 468 g/mol. The summed E-state index contributed by atoms with van der Waals surface area (Å²) in [6.45, 7) is 7.05. The molecule has 0 spiro atoms. The average molecular weight is 497 g/mol. The van der Waals surface area contributed by atoms with Crippen LogP contribution < -0.4 is 0 Å². The summed E-state index contributed by atoms with van der Waals surface area (Å²) in [6, 6.07) is 18.1. The zero-order chi connectivity index (χ0) is 25.3. The Morgan fingerprint density at radius 1 is 1.00 bits per heavy atom. The monoisotopic (exact) mass is 496 g/mol. The highest BCUT2D eigenvalue weighted by Gasteiger charge is 2.23. The third kappa shape index (κ3) is 6.00. The van der Waals surface area contributed by atoms with Crippen LogP contribution in [0.1, 0.15) is 37.0 Å². The highest BCUT2D eigenvalue weighted by Crippen LogP contribution is 2.33. The maximum Gasteiger partial charge on any atom is 0.175 e. The third-order valence-electron chi connectivity index (χ3n) is 5.60. The second-order valence-electron chi connectivity index (χ2n) is 9.01. The van der Waals surface area contributed by atoms with Crippen molar-refractivity contribution in [2.45, 2.75) is 44.6 Å². The number of nitrogens with zero attached hydrogens (tertiary/aromatic N) is 1. The Morgan fingerprint density at radius 3 is 2.18 bits per heavy atom. The summed E-state index contributed by atoms with van der Waals surface area (Å²) in [5.74, 6) is 0. The van der Waals surface area contributed by atoms with Crippen LogP contribution in [0.4, 0.5) is 5.69 Å². The van der Waals surface area contributed by atoms with Crippen molar-refractivity contribution in [3.8, 4) is 11.1 Å². The molecule has 0 atom stereocenters. The highest BCUT2D eigenvalue weighted by atomic mass is 35.5. The number of aliphatic hydroxyl groups is 1. The van der Waals surface area contributed by atoms with E-state index in [4.69, 9.17) is 22.0 Å². The Kier molecular flexibility index (Phi) is 7.46. The van der Waals surface area contributed by atoms with Crippen molar-refractivity contribution >= 4 is 38.5 Å². The first-order valence-electron chi connectivity index (χ1n) is 10.8. The lowest BCUT2D eigenvalue weighted by atomic mass is 9.94. The van der Waals surface area contributed by atoms with Gasteiger partial charge in [-0.05, 0) is 80.3 Å². The molecule has 7 heteroatoms. The van der Waals surface area contributed by atoms with Crippen molar-refractivity contribution < 1.29 is 13.5 Å². The Hall–Kier alpha value is -2.80. The lowest BCUT2D eigenvalue weighted by Gasteiger charge is -2.20. The molecule has 0 saturated carbocycles. The van der Waals surface area contributed by atoms with Crippen LogP contribution in [0.15, 0.2) is 70.6 Å². The molecule has 0 fully saturated rings. The van der Waals surface area contributed by atoms with Gasteiger partial charge in [-0.15, -0.1) is 0 Å². The van der Waals surface area contributed by atoms with E-state index in [0.29, 0.717) is 16.3 Å². The van der Waals surface area contributed by atoms with Gasteiger partial charge < -0.3 is 10.5 Å². The fourth-order valence-electron chi connectivity index (χ4n) is 3.61. The predicted molar refractivity (Wildman–Crippen MR) is 141 cm³/mol. The first kappa shape index (κ1) is 25.8. The molecule has 34 heavy (non-hydrogen) atoms. The van der Waals surface area contributed by atoms with Crippen LogP contribution in [0.3, 0.4) is 0 Å². The number of hydrogen-bond donors (Lipinski definition) is 2. The zero-order valence-corrected chi connectivity index (χ0v) is 21.6. The number of rotatable bonds is 7. The van der Waals surface area contributed by atoms with Gasteiger partial charge in [0, 0.05) is 29.0 Å². The van der Waals surface area contributed by atoms with E-state index in [1.165, 1.54) is 6.26 Å². The standard InChI is InChI=1S/C27H29ClN2O3S/c1-17-13-20(19-9-8-10-21(15-19)34(5,32)33)14-18(2)26(17)30-24(16-25(29)27(3,4)31)22-11-6-7-12-23(22)28/h6-15,29,31H,16H2,1-5H3. The summed E-state index contributed by atoms with van der Waals surface area (Å²) in [6.07, 6.45) is 1.34. The van der Waals surface area contributed by atoms with E-state index >= 15 is 0 Å². The molecule has 0 aliphatic heterocycles. The third-order valence-corrected chi connectivity index (χ3v) is 7.04. The molecule has 0 bridgehead atoms. The number of benzene rings is 3. The molecule has 3 aromatic rings. The van der Waals surface area contributed by atoms with Crippen molar-refractivity contribution in [3.05, 3.63) is 82.4 Å². The van der Waals surface area contributed by atoms with Gasteiger partial charge in [0.2, 0.25) is 0 Å². The van der Waals surface area contributed by atoms with Crippen LogP contribution >= 0.6 is 11.6 Å². The molecule has 0 aliphatic rings. The number of nitrogens with one attached hydrogen (secondary N) is 1. The molecule has 3 rings (SSSR count). The summed E-state index contributed by atoms with van der Waals surface area (Å²) < 4.78 is 24.0. The van der Waals surface area contributed by atoms with Gasteiger partial charge in [-0.1, -0.05) is 41.9 Å². The smallest absolute Gasteiger partial charge is 0.175 e. The molecule has 0 aromatic heterocycles. The fourth-order valence-corrected chi connectivity index (χ4v) is 4.53. The van der Waals surface area contributed by atoms with E-state index in [0.717, 1.165) is 27.9 Å². The van der Waals surface area contributed by atoms with E-state index in [9.17, 15) is 13.5 Å². The van der Waals surface area contributed by atoms with E-state index in [2.05, 4.69) is 0 Å². The molecule has 0 saturated heterocycles. The summed E-state index contributed by atoms with van der Waals surface area (Å²) in [5, 5.41) is 19.2. The average Bonchev–Trinajstić information content (AvgIpc) is 2.74. The van der Waals surface area contributed by atoms with Gasteiger partial charge in [0.15, 0.2) is 9.84 Å². The Labute approximate surface area is 206 Å². The number of hydrogen-bond acceptors (Lipinski definition) is 5. The van der Waals surface area contributed by atoms with Crippen LogP contribution in [0.2, 0.25) is 5.02 Å². The number of halogens is 1. The summed E-state index contributed by atoms with van der Waals surface area (Å²) in [4.78, 5) is 5.19. The first-order chi connectivity index (χ1) is 15.8. The SMILES string of the molecule is Cc1cc(-c2cccc(S(C)(=O)=O)c2)cc(C)c1N=C(CC(=N)C(C)(C)O)c1ccccc1Cl. The molecule has 2 N–H and O–H groups in total.